The van der Waals surface area contributed by atoms with Crippen LogP contribution in [0.1, 0.15) is 39.5 Å². The van der Waals surface area contributed by atoms with Gasteiger partial charge in [0, 0.05) is 12.1 Å². The molecule has 0 aromatic heterocycles. The summed E-state index contributed by atoms with van der Waals surface area (Å²) in [5.74, 6) is 0.369. The molecule has 1 aromatic carbocycles. The molecule has 1 aliphatic rings. The van der Waals surface area contributed by atoms with Crippen LogP contribution in [0.3, 0.4) is 0 Å². The van der Waals surface area contributed by atoms with Crippen LogP contribution in [0.2, 0.25) is 0 Å². The molecular weight excluding hydrogens is 259 g/mol. The van der Waals surface area contributed by atoms with Crippen molar-refractivity contribution < 1.29 is 9.31 Å². The van der Waals surface area contributed by atoms with Gasteiger partial charge in [0.1, 0.15) is 5.69 Å². The van der Waals surface area contributed by atoms with Gasteiger partial charge < -0.3 is 5.32 Å². The highest BCUT2D eigenvalue weighted by Crippen LogP contribution is 2.35. The van der Waals surface area contributed by atoms with Gasteiger partial charge in [0.15, 0.2) is 5.82 Å². The second-order valence-corrected chi connectivity index (χ2v) is 5.83. The summed E-state index contributed by atoms with van der Waals surface area (Å²) in [5.41, 5.74) is -0.145. The number of benzene rings is 1. The van der Waals surface area contributed by atoms with Crippen LogP contribution >= 0.6 is 0 Å². The summed E-state index contributed by atoms with van der Waals surface area (Å²) in [7, 11) is 0. The zero-order valence-corrected chi connectivity index (χ0v) is 11.9. The van der Waals surface area contributed by atoms with Crippen molar-refractivity contribution in [3.05, 3.63) is 34.1 Å². The first-order chi connectivity index (χ1) is 9.50. The minimum atomic E-state index is -0.549. The highest BCUT2D eigenvalue weighted by Gasteiger charge is 2.30. The fourth-order valence-corrected chi connectivity index (χ4v) is 3.13. The van der Waals surface area contributed by atoms with Gasteiger partial charge in [-0.2, -0.15) is 0 Å². The van der Waals surface area contributed by atoms with E-state index < -0.39 is 10.7 Å². The third kappa shape index (κ3) is 3.08. The van der Waals surface area contributed by atoms with Gasteiger partial charge in [-0.25, -0.2) is 4.39 Å². The van der Waals surface area contributed by atoms with Crippen molar-refractivity contribution in [1.82, 2.24) is 0 Å². The first kappa shape index (κ1) is 14.8. The third-order valence-corrected chi connectivity index (χ3v) is 4.19. The van der Waals surface area contributed by atoms with Crippen LogP contribution in [0.4, 0.5) is 15.8 Å². The van der Waals surface area contributed by atoms with E-state index in [9.17, 15) is 14.5 Å². The van der Waals surface area contributed by atoms with Crippen LogP contribution in [0.15, 0.2) is 18.2 Å². The molecule has 0 spiro atoms. The number of para-hydroxylation sites is 1. The lowest BCUT2D eigenvalue weighted by Crippen LogP contribution is -2.35. The third-order valence-electron chi connectivity index (χ3n) is 4.19. The summed E-state index contributed by atoms with van der Waals surface area (Å²) in [6.07, 6.45) is 4.30. The number of nitro benzene ring substituents is 1. The van der Waals surface area contributed by atoms with Crippen molar-refractivity contribution in [2.75, 3.05) is 5.32 Å². The van der Waals surface area contributed by atoms with Crippen LogP contribution in [-0.4, -0.2) is 11.0 Å². The van der Waals surface area contributed by atoms with Gasteiger partial charge in [0.2, 0.25) is 0 Å². The molecule has 5 heteroatoms. The maximum Gasteiger partial charge on any atom is 0.295 e. The van der Waals surface area contributed by atoms with Crippen LogP contribution < -0.4 is 5.32 Å². The summed E-state index contributed by atoms with van der Waals surface area (Å²) in [6, 6.07) is 4.10. The topological polar surface area (TPSA) is 55.2 Å². The van der Waals surface area contributed by atoms with Gasteiger partial charge >= 0.3 is 0 Å². The molecule has 1 N–H and O–H groups in total. The van der Waals surface area contributed by atoms with Gasteiger partial charge in [-0.3, -0.25) is 10.1 Å². The number of rotatable bonds is 4. The summed E-state index contributed by atoms with van der Waals surface area (Å²) in [5, 5.41) is 14.1. The Morgan fingerprint density at radius 2 is 2.05 bits per heavy atom. The van der Waals surface area contributed by atoms with Gasteiger partial charge in [0.25, 0.3) is 5.69 Å². The predicted octanol–water partition coefficient (Wildman–Crippen LogP) is 4.36. The zero-order valence-electron chi connectivity index (χ0n) is 11.9. The average Bonchev–Trinajstić information content (AvgIpc) is 2.41. The Morgan fingerprint density at radius 1 is 1.35 bits per heavy atom. The second-order valence-electron chi connectivity index (χ2n) is 5.83. The maximum absolute atomic E-state index is 13.9. The molecule has 2 atom stereocenters. The molecule has 0 aliphatic heterocycles. The van der Waals surface area contributed by atoms with Crippen LogP contribution in [-0.2, 0) is 0 Å². The highest BCUT2D eigenvalue weighted by molar-refractivity contribution is 5.62. The number of anilines is 1. The molecule has 20 heavy (non-hydrogen) atoms. The Morgan fingerprint density at radius 3 is 2.70 bits per heavy atom. The summed E-state index contributed by atoms with van der Waals surface area (Å²) < 4.78 is 13.9. The number of nitrogens with zero attached hydrogens (tertiary/aromatic N) is 1. The SMILES string of the molecule is CC(C)C1CCCCC1Nc1c(F)cccc1[N+](=O)[O-]. The Balaban J connectivity index is 2.26. The maximum atomic E-state index is 13.9. The van der Waals surface area contributed by atoms with Crippen molar-refractivity contribution in [2.24, 2.45) is 11.8 Å². The molecule has 4 nitrogen and oxygen atoms in total. The van der Waals surface area contributed by atoms with E-state index in [1.165, 1.54) is 24.6 Å². The molecule has 2 rings (SSSR count). The number of nitrogens with one attached hydrogen (secondary N) is 1. The fourth-order valence-electron chi connectivity index (χ4n) is 3.13. The van der Waals surface area contributed by atoms with Crippen LogP contribution in [0, 0.1) is 27.8 Å². The van der Waals surface area contributed by atoms with Gasteiger partial charge in [0.05, 0.1) is 4.92 Å². The number of nitro groups is 1. The van der Waals surface area contributed by atoms with E-state index in [1.807, 2.05) is 0 Å². The monoisotopic (exact) mass is 280 g/mol. The van der Waals surface area contributed by atoms with Crippen molar-refractivity contribution in [2.45, 2.75) is 45.6 Å². The predicted molar refractivity (Wildman–Crippen MR) is 77.3 cm³/mol. The molecule has 1 aromatic rings. The Bertz CT molecular complexity index is 491. The minimum absolute atomic E-state index is 0.0371. The summed E-state index contributed by atoms with van der Waals surface area (Å²) in [6.45, 7) is 4.31. The van der Waals surface area contributed by atoms with E-state index >= 15 is 0 Å². The minimum Gasteiger partial charge on any atom is -0.374 e. The molecule has 0 radical (unpaired) electrons. The smallest absolute Gasteiger partial charge is 0.295 e. The fraction of sp³-hybridized carbons (Fsp3) is 0.600. The zero-order chi connectivity index (χ0) is 14.7. The van der Waals surface area contributed by atoms with Gasteiger partial charge in [-0.15, -0.1) is 0 Å². The van der Waals surface area contributed by atoms with Crippen molar-refractivity contribution in [3.8, 4) is 0 Å². The van der Waals surface area contributed by atoms with E-state index in [2.05, 4.69) is 19.2 Å². The van der Waals surface area contributed by atoms with E-state index in [0.29, 0.717) is 11.8 Å². The Labute approximate surface area is 118 Å². The van der Waals surface area contributed by atoms with Gasteiger partial charge in [-0.05, 0) is 30.7 Å². The summed E-state index contributed by atoms with van der Waals surface area (Å²) >= 11 is 0. The molecule has 0 heterocycles. The van der Waals surface area contributed by atoms with Crippen molar-refractivity contribution in [1.29, 1.82) is 0 Å². The molecule has 110 valence electrons. The largest absolute Gasteiger partial charge is 0.374 e. The number of hydrogen-bond donors (Lipinski definition) is 1. The lowest BCUT2D eigenvalue weighted by atomic mass is 9.77. The van der Waals surface area contributed by atoms with Crippen LogP contribution in [0.25, 0.3) is 0 Å². The highest BCUT2D eigenvalue weighted by atomic mass is 19.1. The Kier molecular flexibility index (Phi) is 4.57. The molecule has 0 bridgehead atoms. The number of halogens is 1. The molecule has 1 fully saturated rings. The first-order valence-corrected chi connectivity index (χ1v) is 7.20. The van der Waals surface area contributed by atoms with Crippen molar-refractivity contribution in [3.63, 3.8) is 0 Å². The lowest BCUT2D eigenvalue weighted by Gasteiger charge is -2.35. The average molecular weight is 280 g/mol. The van der Waals surface area contributed by atoms with Gasteiger partial charge in [-0.1, -0.05) is 32.8 Å². The lowest BCUT2D eigenvalue weighted by molar-refractivity contribution is -0.384. The molecule has 1 saturated carbocycles. The van der Waals surface area contributed by atoms with Crippen LogP contribution in [0.5, 0.6) is 0 Å². The van der Waals surface area contributed by atoms with E-state index in [4.69, 9.17) is 0 Å². The normalized spacial score (nSPS) is 22.8. The summed E-state index contributed by atoms with van der Waals surface area (Å²) in [4.78, 5) is 10.5. The molecule has 1 aliphatic carbocycles. The molecule has 2 unspecified atom stereocenters. The first-order valence-electron chi connectivity index (χ1n) is 7.20. The Hall–Kier alpha value is -1.65. The quantitative estimate of drug-likeness (QED) is 0.658. The molecular formula is C15H21FN2O2. The molecule has 0 saturated heterocycles. The van der Waals surface area contributed by atoms with E-state index in [-0.39, 0.29) is 17.4 Å². The number of hydrogen-bond acceptors (Lipinski definition) is 3. The standard InChI is InChI=1S/C15H21FN2O2/c1-10(2)11-6-3-4-8-13(11)17-15-12(16)7-5-9-14(15)18(19)20/h5,7,9-11,13,17H,3-4,6,8H2,1-2H3. The molecule has 0 amide bonds. The van der Waals surface area contributed by atoms with E-state index in [1.54, 1.807) is 0 Å². The van der Waals surface area contributed by atoms with E-state index in [0.717, 1.165) is 19.3 Å². The second kappa shape index (κ2) is 6.20. The van der Waals surface area contributed by atoms with Crippen molar-refractivity contribution >= 4 is 11.4 Å².